The first-order chi connectivity index (χ1) is 12.6. The van der Waals surface area contributed by atoms with Crippen LogP contribution in [0.2, 0.25) is 0 Å². The number of rotatable bonds is 4. The van der Waals surface area contributed by atoms with Gasteiger partial charge in [0.15, 0.2) is 8.29 Å². The number of nitrogens with zero attached hydrogens (tertiary/aromatic N) is 5. The molecule has 0 unspecified atom stereocenters. The van der Waals surface area contributed by atoms with Gasteiger partial charge in [-0.05, 0) is 42.9 Å². The van der Waals surface area contributed by atoms with E-state index >= 15 is 0 Å². The zero-order valence-corrected chi connectivity index (χ0v) is 16.1. The van der Waals surface area contributed by atoms with Gasteiger partial charge in [-0.1, -0.05) is 58.6 Å². The van der Waals surface area contributed by atoms with Crippen molar-refractivity contribution in [2.45, 2.75) is 17.1 Å². The maximum atomic E-state index is 12.5. The van der Waals surface area contributed by atoms with Gasteiger partial charge in [-0.25, -0.2) is 4.68 Å². The van der Waals surface area contributed by atoms with Gasteiger partial charge in [-0.2, -0.15) is 4.68 Å². The Hall–Kier alpha value is -2.36. The summed E-state index contributed by atoms with van der Waals surface area (Å²) in [5, 5.41) is 13.2. The molecule has 0 aliphatic carbocycles. The van der Waals surface area contributed by atoms with E-state index in [0.29, 0.717) is 20.7 Å². The van der Waals surface area contributed by atoms with Gasteiger partial charge in [0, 0.05) is 0 Å². The van der Waals surface area contributed by atoms with Crippen molar-refractivity contribution in [3.8, 4) is 5.69 Å². The normalized spacial score (nSPS) is 11.1. The van der Waals surface area contributed by atoms with Crippen LogP contribution in [0.4, 0.5) is 0 Å². The van der Waals surface area contributed by atoms with Crippen molar-refractivity contribution >= 4 is 46.2 Å². The van der Waals surface area contributed by atoms with E-state index in [0.717, 1.165) is 15.6 Å². The first-order valence-electron chi connectivity index (χ1n) is 7.75. The van der Waals surface area contributed by atoms with Gasteiger partial charge in [0.25, 0.3) is 5.56 Å². The number of para-hydroxylation sites is 1. The highest BCUT2D eigenvalue weighted by Gasteiger charge is 2.10. The molecule has 0 N–H and O–H groups in total. The Morgan fingerprint density at radius 3 is 2.77 bits per heavy atom. The van der Waals surface area contributed by atoms with Crippen molar-refractivity contribution < 1.29 is 0 Å². The van der Waals surface area contributed by atoms with Crippen molar-refractivity contribution in [1.82, 2.24) is 24.8 Å². The van der Waals surface area contributed by atoms with Gasteiger partial charge in [0.2, 0.25) is 0 Å². The highest BCUT2D eigenvalue weighted by molar-refractivity contribution is 8.00. The number of aromatic nitrogens is 5. The summed E-state index contributed by atoms with van der Waals surface area (Å²) in [4.78, 5) is 12.5. The summed E-state index contributed by atoms with van der Waals surface area (Å²) in [6, 6.07) is 15.1. The maximum absolute atomic E-state index is 12.5. The predicted octanol–water partition coefficient (Wildman–Crippen LogP) is 3.83. The maximum Gasteiger partial charge on any atom is 0.278 e. The molecule has 0 spiro atoms. The second-order valence-electron chi connectivity index (χ2n) is 5.52. The lowest BCUT2D eigenvalue weighted by Crippen LogP contribution is -2.23. The number of aryl methyl sites for hydroxylation is 1. The molecule has 130 valence electrons. The van der Waals surface area contributed by atoms with E-state index in [1.807, 2.05) is 43.3 Å². The molecule has 0 fully saturated rings. The SMILES string of the molecule is Cc1ccccc1-n1nc(SCn2nnc3ccccc3c2=O)sc1=S. The molecular weight excluding hydrogens is 386 g/mol. The first kappa shape index (κ1) is 17.1. The predicted molar refractivity (Wildman–Crippen MR) is 107 cm³/mol. The van der Waals surface area contributed by atoms with Gasteiger partial charge in [0.05, 0.1) is 17.0 Å². The molecule has 0 aliphatic rings. The summed E-state index contributed by atoms with van der Waals surface area (Å²) in [5.41, 5.74) is 2.49. The van der Waals surface area contributed by atoms with Gasteiger partial charge in [-0.3, -0.25) is 4.79 Å². The molecule has 26 heavy (non-hydrogen) atoms. The van der Waals surface area contributed by atoms with Gasteiger partial charge in [-0.15, -0.1) is 10.2 Å². The summed E-state index contributed by atoms with van der Waals surface area (Å²) in [6.07, 6.45) is 0. The van der Waals surface area contributed by atoms with Crippen LogP contribution >= 0.6 is 35.3 Å². The fraction of sp³-hybridized carbons (Fsp3) is 0.118. The highest BCUT2D eigenvalue weighted by atomic mass is 32.2. The van der Waals surface area contributed by atoms with E-state index in [2.05, 4.69) is 15.4 Å². The minimum absolute atomic E-state index is 0.162. The molecule has 0 atom stereocenters. The molecule has 9 heteroatoms. The van der Waals surface area contributed by atoms with Crippen LogP contribution in [0.25, 0.3) is 16.6 Å². The third kappa shape index (κ3) is 3.20. The van der Waals surface area contributed by atoms with Crippen LogP contribution in [-0.4, -0.2) is 24.8 Å². The first-order valence-corrected chi connectivity index (χ1v) is 9.96. The second-order valence-corrected chi connectivity index (χ2v) is 8.33. The smallest absolute Gasteiger partial charge is 0.267 e. The minimum atomic E-state index is -0.162. The third-order valence-electron chi connectivity index (χ3n) is 3.81. The monoisotopic (exact) mass is 399 g/mol. The van der Waals surface area contributed by atoms with Crippen molar-refractivity contribution in [3.63, 3.8) is 0 Å². The van der Waals surface area contributed by atoms with Crippen LogP contribution in [0.1, 0.15) is 5.56 Å². The summed E-state index contributed by atoms with van der Waals surface area (Å²) in [6.45, 7) is 2.02. The Morgan fingerprint density at radius 2 is 1.92 bits per heavy atom. The lowest BCUT2D eigenvalue weighted by molar-refractivity contribution is 0.644. The molecule has 2 aromatic heterocycles. The molecule has 0 amide bonds. The number of fused-ring (bicyclic) bond motifs is 1. The Balaban J connectivity index is 1.61. The Morgan fingerprint density at radius 1 is 1.15 bits per heavy atom. The fourth-order valence-electron chi connectivity index (χ4n) is 2.50. The average molecular weight is 400 g/mol. The van der Waals surface area contributed by atoms with Gasteiger partial charge >= 0.3 is 0 Å². The van der Waals surface area contributed by atoms with E-state index in [1.54, 1.807) is 16.8 Å². The van der Waals surface area contributed by atoms with Crippen LogP contribution < -0.4 is 5.56 Å². The fourth-order valence-corrected chi connectivity index (χ4v) is 4.70. The summed E-state index contributed by atoms with van der Waals surface area (Å²) in [7, 11) is 0. The minimum Gasteiger partial charge on any atom is -0.267 e. The number of hydrogen-bond acceptors (Lipinski definition) is 7. The Bertz CT molecular complexity index is 1210. The molecule has 0 aliphatic heterocycles. The summed E-state index contributed by atoms with van der Waals surface area (Å²) >= 11 is 8.27. The molecule has 2 heterocycles. The van der Waals surface area contributed by atoms with Crippen molar-refractivity contribution in [2.75, 3.05) is 0 Å². The van der Waals surface area contributed by atoms with Gasteiger partial charge < -0.3 is 0 Å². The van der Waals surface area contributed by atoms with Crippen molar-refractivity contribution in [2.24, 2.45) is 0 Å². The van der Waals surface area contributed by atoms with Crippen molar-refractivity contribution in [3.05, 3.63) is 68.4 Å². The van der Waals surface area contributed by atoms with E-state index in [-0.39, 0.29) is 5.56 Å². The van der Waals surface area contributed by atoms with Crippen LogP contribution in [0.3, 0.4) is 0 Å². The van der Waals surface area contributed by atoms with Gasteiger partial charge in [0.1, 0.15) is 5.52 Å². The average Bonchev–Trinajstić information content (AvgIpc) is 3.02. The zero-order valence-electron chi connectivity index (χ0n) is 13.7. The molecular formula is C17H13N5OS3. The quantitative estimate of drug-likeness (QED) is 0.384. The second kappa shape index (κ2) is 7.10. The van der Waals surface area contributed by atoms with Crippen LogP contribution in [0, 0.1) is 10.9 Å². The van der Waals surface area contributed by atoms with E-state index in [4.69, 9.17) is 12.2 Å². The largest absolute Gasteiger partial charge is 0.278 e. The topological polar surface area (TPSA) is 65.6 Å². The van der Waals surface area contributed by atoms with E-state index in [9.17, 15) is 4.79 Å². The molecule has 0 saturated heterocycles. The molecule has 6 nitrogen and oxygen atoms in total. The molecule has 0 radical (unpaired) electrons. The van der Waals surface area contributed by atoms with Crippen molar-refractivity contribution in [1.29, 1.82) is 0 Å². The number of benzene rings is 2. The lowest BCUT2D eigenvalue weighted by atomic mass is 10.2. The number of hydrogen-bond donors (Lipinski definition) is 0. The Kier molecular flexibility index (Phi) is 4.66. The summed E-state index contributed by atoms with van der Waals surface area (Å²) in [5.74, 6) is 0.326. The molecule has 4 aromatic rings. The molecule has 0 saturated carbocycles. The molecule has 2 aromatic carbocycles. The molecule has 4 rings (SSSR count). The molecule has 0 bridgehead atoms. The van der Waals surface area contributed by atoms with Crippen LogP contribution in [0.15, 0.2) is 57.7 Å². The van der Waals surface area contributed by atoms with Crippen LogP contribution in [-0.2, 0) is 5.88 Å². The van der Waals surface area contributed by atoms with E-state index < -0.39 is 0 Å². The van der Waals surface area contributed by atoms with E-state index in [1.165, 1.54) is 27.8 Å². The summed E-state index contributed by atoms with van der Waals surface area (Å²) < 4.78 is 4.54. The zero-order chi connectivity index (χ0) is 18.1. The lowest BCUT2D eigenvalue weighted by Gasteiger charge is -2.04. The van der Waals surface area contributed by atoms with Crippen LogP contribution in [0.5, 0.6) is 0 Å². The standard InChI is InChI=1S/C17H13N5OS3/c1-11-6-2-5-9-14(11)22-17(24)26-16(19-22)25-10-21-15(23)12-7-3-4-8-13(12)18-20-21/h2-9H,10H2,1H3. The number of thioether (sulfide) groups is 1. The Labute approximate surface area is 162 Å². The highest BCUT2D eigenvalue weighted by Crippen LogP contribution is 2.25. The third-order valence-corrected chi connectivity index (χ3v) is 6.15.